The van der Waals surface area contributed by atoms with Crippen LogP contribution < -0.4 is 5.73 Å². The second-order valence-electron chi connectivity index (χ2n) is 3.48. The van der Waals surface area contributed by atoms with E-state index in [1.165, 1.54) is 5.56 Å². The second kappa shape index (κ2) is 7.70. The molecule has 0 fully saturated rings. The van der Waals surface area contributed by atoms with Crippen molar-refractivity contribution in [2.75, 3.05) is 13.2 Å². The number of hydrogen-bond donors (Lipinski definition) is 2. The molecule has 0 bridgehead atoms. The van der Waals surface area contributed by atoms with Crippen molar-refractivity contribution in [1.82, 2.24) is 0 Å². The van der Waals surface area contributed by atoms with E-state index in [1.54, 1.807) is 0 Å². The minimum absolute atomic E-state index is 0.111. The number of hydrogen-bond acceptors (Lipinski definition) is 3. The van der Waals surface area contributed by atoms with E-state index >= 15 is 0 Å². The van der Waals surface area contributed by atoms with Crippen molar-refractivity contribution in [1.29, 1.82) is 0 Å². The molecule has 0 amide bonds. The van der Waals surface area contributed by atoms with Gasteiger partial charge in [0.15, 0.2) is 0 Å². The predicted octanol–water partition coefficient (Wildman–Crippen LogP) is 1.29. The van der Waals surface area contributed by atoms with E-state index in [2.05, 4.69) is 17.3 Å². The van der Waals surface area contributed by atoms with E-state index in [0.29, 0.717) is 25.3 Å². The third-order valence-corrected chi connectivity index (χ3v) is 2.09. The zero-order valence-electron chi connectivity index (χ0n) is 9.30. The summed E-state index contributed by atoms with van der Waals surface area (Å²) in [5.41, 5.74) is 6.90. The summed E-state index contributed by atoms with van der Waals surface area (Å²) < 4.78 is 0. The number of aliphatic hydroxyl groups excluding tert-OH is 1. The van der Waals surface area contributed by atoms with Gasteiger partial charge >= 0.3 is 0 Å². The SMILES string of the molecule is N/C(CCc1ccccc1)=N/OCCCO. The minimum Gasteiger partial charge on any atom is -0.396 e. The fourth-order valence-corrected chi connectivity index (χ4v) is 1.22. The molecule has 0 unspecified atom stereocenters. The summed E-state index contributed by atoms with van der Waals surface area (Å²) in [5.74, 6) is 0.488. The maximum Gasteiger partial charge on any atom is 0.139 e. The lowest BCUT2D eigenvalue weighted by molar-refractivity contribution is 0.123. The molecule has 0 saturated carbocycles. The molecule has 0 radical (unpaired) electrons. The fraction of sp³-hybridized carbons (Fsp3) is 0.417. The molecule has 1 aromatic rings. The van der Waals surface area contributed by atoms with Gasteiger partial charge in [0.2, 0.25) is 0 Å². The van der Waals surface area contributed by atoms with Gasteiger partial charge in [-0.3, -0.25) is 0 Å². The highest BCUT2D eigenvalue weighted by atomic mass is 16.6. The summed E-state index contributed by atoms with van der Waals surface area (Å²) in [7, 11) is 0. The van der Waals surface area contributed by atoms with E-state index in [0.717, 1.165) is 6.42 Å². The molecule has 4 heteroatoms. The molecule has 1 aromatic carbocycles. The van der Waals surface area contributed by atoms with Crippen molar-refractivity contribution in [3.63, 3.8) is 0 Å². The molecule has 1 rings (SSSR count). The Morgan fingerprint density at radius 1 is 1.31 bits per heavy atom. The van der Waals surface area contributed by atoms with Crippen LogP contribution in [0.25, 0.3) is 0 Å². The first-order valence-electron chi connectivity index (χ1n) is 5.42. The Morgan fingerprint density at radius 3 is 2.75 bits per heavy atom. The standard InChI is InChI=1S/C12H18N2O2/c13-12(14-16-10-4-9-15)8-7-11-5-2-1-3-6-11/h1-3,5-6,15H,4,7-10H2,(H2,13,14). The van der Waals surface area contributed by atoms with Crippen molar-refractivity contribution >= 4 is 5.84 Å². The maximum absolute atomic E-state index is 8.52. The number of aliphatic hydroxyl groups is 1. The van der Waals surface area contributed by atoms with Gasteiger partial charge in [-0.15, -0.1) is 0 Å². The van der Waals surface area contributed by atoms with Crippen molar-refractivity contribution in [2.24, 2.45) is 10.9 Å². The van der Waals surface area contributed by atoms with Gasteiger partial charge in [-0.2, -0.15) is 0 Å². The van der Waals surface area contributed by atoms with Crippen molar-refractivity contribution < 1.29 is 9.94 Å². The molecule has 3 N–H and O–H groups in total. The lowest BCUT2D eigenvalue weighted by Gasteiger charge is -2.02. The summed E-state index contributed by atoms with van der Waals surface area (Å²) in [6, 6.07) is 10.1. The van der Waals surface area contributed by atoms with Crippen LogP contribution in [0.15, 0.2) is 35.5 Å². The summed E-state index contributed by atoms with van der Waals surface area (Å²) >= 11 is 0. The maximum atomic E-state index is 8.52. The number of nitrogens with zero attached hydrogens (tertiary/aromatic N) is 1. The van der Waals surface area contributed by atoms with Crippen molar-refractivity contribution in [3.8, 4) is 0 Å². The molecule has 0 aromatic heterocycles. The molecule has 0 aliphatic rings. The van der Waals surface area contributed by atoms with Crippen LogP contribution in [0.5, 0.6) is 0 Å². The van der Waals surface area contributed by atoms with E-state index in [-0.39, 0.29) is 6.61 Å². The molecular formula is C12H18N2O2. The van der Waals surface area contributed by atoms with Crippen molar-refractivity contribution in [2.45, 2.75) is 19.3 Å². The highest BCUT2D eigenvalue weighted by molar-refractivity contribution is 5.79. The zero-order valence-corrected chi connectivity index (χ0v) is 9.30. The topological polar surface area (TPSA) is 67.8 Å². The third-order valence-electron chi connectivity index (χ3n) is 2.09. The Hall–Kier alpha value is -1.55. The van der Waals surface area contributed by atoms with Crippen LogP contribution in [0.4, 0.5) is 0 Å². The van der Waals surface area contributed by atoms with E-state index in [9.17, 15) is 0 Å². The minimum atomic E-state index is 0.111. The van der Waals surface area contributed by atoms with Crippen LogP contribution in [-0.2, 0) is 11.3 Å². The van der Waals surface area contributed by atoms with Gasteiger partial charge in [0.1, 0.15) is 12.4 Å². The molecule has 0 saturated heterocycles. The number of aryl methyl sites for hydroxylation is 1. The second-order valence-corrected chi connectivity index (χ2v) is 3.48. The first-order chi connectivity index (χ1) is 7.83. The van der Waals surface area contributed by atoms with Crippen LogP contribution in [-0.4, -0.2) is 24.2 Å². The Morgan fingerprint density at radius 2 is 2.06 bits per heavy atom. The predicted molar refractivity (Wildman–Crippen MR) is 64.0 cm³/mol. The quantitative estimate of drug-likeness (QED) is 0.316. The van der Waals surface area contributed by atoms with Crippen LogP contribution >= 0.6 is 0 Å². The lowest BCUT2D eigenvalue weighted by Crippen LogP contribution is -2.13. The van der Waals surface area contributed by atoms with E-state index < -0.39 is 0 Å². The summed E-state index contributed by atoms with van der Waals surface area (Å²) in [5, 5.41) is 12.3. The Bertz CT molecular complexity index is 312. The van der Waals surface area contributed by atoms with Crippen molar-refractivity contribution in [3.05, 3.63) is 35.9 Å². The average Bonchev–Trinajstić information content (AvgIpc) is 2.33. The largest absolute Gasteiger partial charge is 0.396 e. The average molecular weight is 222 g/mol. The molecule has 0 aliphatic carbocycles. The summed E-state index contributed by atoms with van der Waals surface area (Å²) in [6.07, 6.45) is 2.12. The fourth-order valence-electron chi connectivity index (χ4n) is 1.22. The van der Waals surface area contributed by atoms with Crippen LogP contribution in [0.1, 0.15) is 18.4 Å². The normalized spacial score (nSPS) is 11.4. The molecule has 4 nitrogen and oxygen atoms in total. The van der Waals surface area contributed by atoms with E-state index in [4.69, 9.17) is 15.7 Å². The molecule has 88 valence electrons. The summed E-state index contributed by atoms with van der Waals surface area (Å²) in [6.45, 7) is 0.516. The number of oxime groups is 1. The number of benzene rings is 1. The highest BCUT2D eigenvalue weighted by Crippen LogP contribution is 2.02. The highest BCUT2D eigenvalue weighted by Gasteiger charge is 1.96. The molecule has 0 aliphatic heterocycles. The van der Waals surface area contributed by atoms with Crippen LogP contribution in [0.2, 0.25) is 0 Å². The Balaban J connectivity index is 2.21. The van der Waals surface area contributed by atoms with E-state index in [1.807, 2.05) is 18.2 Å². The van der Waals surface area contributed by atoms with Gasteiger partial charge < -0.3 is 15.7 Å². The molecule has 0 atom stereocenters. The zero-order chi connectivity index (χ0) is 11.6. The number of amidine groups is 1. The Kier molecular flexibility index (Phi) is 6.03. The first kappa shape index (κ1) is 12.5. The van der Waals surface area contributed by atoms with Crippen LogP contribution in [0.3, 0.4) is 0 Å². The van der Waals surface area contributed by atoms with Gasteiger partial charge in [-0.25, -0.2) is 0 Å². The monoisotopic (exact) mass is 222 g/mol. The third kappa shape index (κ3) is 5.36. The van der Waals surface area contributed by atoms with Gasteiger partial charge in [0.05, 0.1) is 0 Å². The van der Waals surface area contributed by atoms with Gasteiger partial charge in [0.25, 0.3) is 0 Å². The van der Waals surface area contributed by atoms with Crippen LogP contribution in [0, 0.1) is 0 Å². The summed E-state index contributed by atoms with van der Waals surface area (Å²) in [4.78, 5) is 4.93. The first-order valence-corrected chi connectivity index (χ1v) is 5.42. The number of rotatable bonds is 7. The number of nitrogens with two attached hydrogens (primary N) is 1. The van der Waals surface area contributed by atoms with Gasteiger partial charge in [-0.1, -0.05) is 35.5 Å². The smallest absolute Gasteiger partial charge is 0.139 e. The molecule has 0 heterocycles. The molecular weight excluding hydrogens is 204 g/mol. The molecule has 16 heavy (non-hydrogen) atoms. The Labute approximate surface area is 95.7 Å². The lowest BCUT2D eigenvalue weighted by atomic mass is 10.1. The van der Waals surface area contributed by atoms with Gasteiger partial charge in [0, 0.05) is 19.4 Å². The molecule has 0 spiro atoms. The van der Waals surface area contributed by atoms with Gasteiger partial charge in [-0.05, 0) is 12.0 Å².